The van der Waals surface area contributed by atoms with Crippen molar-refractivity contribution in [3.63, 3.8) is 0 Å². The maximum atomic E-state index is 5.00. The number of pyridine rings is 2. The first-order chi connectivity index (χ1) is 8.69. The molecule has 94 valence electrons. The minimum atomic E-state index is 0.600. The van der Waals surface area contributed by atoms with Gasteiger partial charge < -0.3 is 10.1 Å². The van der Waals surface area contributed by atoms with E-state index >= 15 is 0 Å². The van der Waals surface area contributed by atoms with Crippen LogP contribution >= 0.6 is 31.9 Å². The average molecular weight is 373 g/mol. The van der Waals surface area contributed by atoms with Gasteiger partial charge in [-0.2, -0.15) is 0 Å². The van der Waals surface area contributed by atoms with Crippen molar-refractivity contribution >= 4 is 37.5 Å². The van der Waals surface area contributed by atoms with E-state index in [1.54, 1.807) is 19.5 Å². The second kappa shape index (κ2) is 6.15. The van der Waals surface area contributed by atoms with E-state index in [1.807, 2.05) is 18.2 Å². The minimum Gasteiger partial charge on any atom is -0.481 e. The van der Waals surface area contributed by atoms with Gasteiger partial charge in [-0.05, 0) is 44.0 Å². The zero-order chi connectivity index (χ0) is 13.0. The van der Waals surface area contributed by atoms with Crippen molar-refractivity contribution in [1.82, 2.24) is 9.97 Å². The molecule has 0 amide bonds. The Kier molecular flexibility index (Phi) is 4.54. The van der Waals surface area contributed by atoms with Crippen LogP contribution in [0.1, 0.15) is 5.69 Å². The first-order valence-corrected chi connectivity index (χ1v) is 6.81. The van der Waals surface area contributed by atoms with Crippen molar-refractivity contribution in [2.24, 2.45) is 0 Å². The van der Waals surface area contributed by atoms with Crippen LogP contribution in [0, 0.1) is 0 Å². The Morgan fingerprint density at radius 1 is 1.22 bits per heavy atom. The van der Waals surface area contributed by atoms with Crippen LogP contribution in [0.5, 0.6) is 5.88 Å². The van der Waals surface area contributed by atoms with E-state index in [0.717, 1.165) is 20.3 Å². The van der Waals surface area contributed by atoms with Gasteiger partial charge in [0.2, 0.25) is 5.88 Å². The lowest BCUT2D eigenvalue weighted by molar-refractivity contribution is 0.398. The molecule has 2 heterocycles. The second-order valence-electron chi connectivity index (χ2n) is 3.52. The molecular weight excluding hydrogens is 362 g/mol. The Morgan fingerprint density at radius 3 is 2.67 bits per heavy atom. The van der Waals surface area contributed by atoms with E-state index < -0.39 is 0 Å². The van der Waals surface area contributed by atoms with Crippen LogP contribution in [-0.2, 0) is 6.54 Å². The lowest BCUT2D eigenvalue weighted by Crippen LogP contribution is -2.03. The molecule has 2 aromatic heterocycles. The third kappa shape index (κ3) is 3.43. The molecule has 4 nitrogen and oxygen atoms in total. The van der Waals surface area contributed by atoms with Gasteiger partial charge in [0.15, 0.2) is 0 Å². The second-order valence-corrected chi connectivity index (χ2v) is 5.29. The van der Waals surface area contributed by atoms with E-state index in [2.05, 4.69) is 47.1 Å². The van der Waals surface area contributed by atoms with Gasteiger partial charge in [0.1, 0.15) is 0 Å². The standard InChI is InChI=1S/C12H11Br2N3O/c1-18-12-3-2-9(6-17-12)15-7-11-10(14)4-8(13)5-16-11/h2-6,15H,7H2,1H3. The Balaban J connectivity index is 2.02. The third-order valence-electron chi connectivity index (χ3n) is 2.29. The first kappa shape index (κ1) is 13.3. The highest BCUT2D eigenvalue weighted by Gasteiger charge is 2.02. The molecule has 0 atom stereocenters. The smallest absolute Gasteiger partial charge is 0.213 e. The fourth-order valence-corrected chi connectivity index (χ4v) is 2.49. The molecule has 2 aromatic rings. The number of anilines is 1. The summed E-state index contributed by atoms with van der Waals surface area (Å²) in [5.74, 6) is 0.600. The molecule has 0 saturated carbocycles. The summed E-state index contributed by atoms with van der Waals surface area (Å²) in [6.07, 6.45) is 3.50. The molecule has 0 spiro atoms. The van der Waals surface area contributed by atoms with Crippen molar-refractivity contribution in [3.05, 3.63) is 45.2 Å². The molecule has 0 aromatic carbocycles. The topological polar surface area (TPSA) is 47.0 Å². The fraction of sp³-hybridized carbons (Fsp3) is 0.167. The highest BCUT2D eigenvalue weighted by molar-refractivity contribution is 9.11. The van der Waals surface area contributed by atoms with Crippen molar-refractivity contribution in [1.29, 1.82) is 0 Å². The number of nitrogens with one attached hydrogen (secondary N) is 1. The van der Waals surface area contributed by atoms with Gasteiger partial charge in [-0.1, -0.05) is 0 Å². The van der Waals surface area contributed by atoms with Crippen LogP contribution in [0.2, 0.25) is 0 Å². The molecule has 2 rings (SSSR count). The normalized spacial score (nSPS) is 10.2. The molecule has 0 aliphatic heterocycles. The number of nitrogens with zero attached hydrogens (tertiary/aromatic N) is 2. The highest BCUT2D eigenvalue weighted by atomic mass is 79.9. The highest BCUT2D eigenvalue weighted by Crippen LogP contribution is 2.20. The molecule has 0 unspecified atom stereocenters. The fourth-order valence-electron chi connectivity index (χ4n) is 1.36. The summed E-state index contributed by atoms with van der Waals surface area (Å²) in [5.41, 5.74) is 1.86. The van der Waals surface area contributed by atoms with E-state index in [4.69, 9.17) is 4.74 Å². The van der Waals surface area contributed by atoms with Gasteiger partial charge in [-0.3, -0.25) is 4.98 Å². The van der Waals surface area contributed by atoms with Gasteiger partial charge in [0, 0.05) is 21.2 Å². The van der Waals surface area contributed by atoms with Crippen molar-refractivity contribution in [2.45, 2.75) is 6.54 Å². The Hall–Kier alpha value is -1.14. The lowest BCUT2D eigenvalue weighted by atomic mass is 10.3. The zero-order valence-corrected chi connectivity index (χ0v) is 12.8. The Bertz CT molecular complexity index is 531. The monoisotopic (exact) mass is 371 g/mol. The lowest BCUT2D eigenvalue weighted by Gasteiger charge is -2.08. The molecule has 6 heteroatoms. The third-order valence-corrected chi connectivity index (χ3v) is 3.41. The number of aromatic nitrogens is 2. The van der Waals surface area contributed by atoms with Crippen LogP contribution in [0.25, 0.3) is 0 Å². The molecule has 18 heavy (non-hydrogen) atoms. The summed E-state index contributed by atoms with van der Waals surface area (Å²) < 4.78 is 6.91. The van der Waals surface area contributed by atoms with E-state index in [1.165, 1.54) is 0 Å². The van der Waals surface area contributed by atoms with Gasteiger partial charge in [0.05, 0.1) is 31.2 Å². The molecule has 0 bridgehead atoms. The number of ether oxygens (including phenoxy) is 1. The quantitative estimate of drug-likeness (QED) is 0.890. The summed E-state index contributed by atoms with van der Waals surface area (Å²) in [6, 6.07) is 5.70. The van der Waals surface area contributed by atoms with Crippen molar-refractivity contribution in [2.75, 3.05) is 12.4 Å². The SMILES string of the molecule is COc1ccc(NCc2ncc(Br)cc2Br)cn1. The van der Waals surface area contributed by atoms with Crippen molar-refractivity contribution < 1.29 is 4.74 Å². The van der Waals surface area contributed by atoms with E-state index in [-0.39, 0.29) is 0 Å². The molecule has 0 fully saturated rings. The molecule has 0 aliphatic rings. The summed E-state index contributed by atoms with van der Waals surface area (Å²) in [4.78, 5) is 8.45. The zero-order valence-electron chi connectivity index (χ0n) is 9.65. The molecule has 1 N–H and O–H groups in total. The summed E-state index contributed by atoms with van der Waals surface area (Å²) in [6.45, 7) is 0.627. The minimum absolute atomic E-state index is 0.600. The molecule has 0 saturated heterocycles. The number of hydrogen-bond acceptors (Lipinski definition) is 4. The Labute approximate surface area is 122 Å². The van der Waals surface area contributed by atoms with E-state index in [9.17, 15) is 0 Å². The summed E-state index contributed by atoms with van der Waals surface area (Å²) in [5, 5.41) is 3.25. The molecule has 0 aliphatic carbocycles. The maximum absolute atomic E-state index is 5.00. The maximum Gasteiger partial charge on any atom is 0.213 e. The number of rotatable bonds is 4. The van der Waals surface area contributed by atoms with Gasteiger partial charge in [-0.15, -0.1) is 0 Å². The van der Waals surface area contributed by atoms with Crippen LogP contribution in [0.3, 0.4) is 0 Å². The first-order valence-electron chi connectivity index (χ1n) is 5.23. The number of methoxy groups -OCH3 is 1. The predicted molar refractivity (Wildman–Crippen MR) is 77.8 cm³/mol. The van der Waals surface area contributed by atoms with Crippen molar-refractivity contribution in [3.8, 4) is 5.88 Å². The number of halogens is 2. The number of hydrogen-bond donors (Lipinski definition) is 1. The van der Waals surface area contributed by atoms with Crippen LogP contribution < -0.4 is 10.1 Å². The predicted octanol–water partition coefficient (Wildman–Crippen LogP) is 3.62. The van der Waals surface area contributed by atoms with Gasteiger partial charge in [0.25, 0.3) is 0 Å². The van der Waals surface area contributed by atoms with Gasteiger partial charge >= 0.3 is 0 Å². The summed E-state index contributed by atoms with van der Waals surface area (Å²) in [7, 11) is 1.60. The molecular formula is C12H11Br2N3O. The Morgan fingerprint density at radius 2 is 2.06 bits per heavy atom. The van der Waals surface area contributed by atoms with E-state index in [0.29, 0.717) is 12.4 Å². The molecule has 0 radical (unpaired) electrons. The summed E-state index contributed by atoms with van der Waals surface area (Å²) >= 11 is 6.85. The largest absolute Gasteiger partial charge is 0.481 e. The van der Waals surface area contributed by atoms with Crippen LogP contribution in [0.4, 0.5) is 5.69 Å². The van der Waals surface area contributed by atoms with Crippen LogP contribution in [-0.4, -0.2) is 17.1 Å². The average Bonchev–Trinajstić information content (AvgIpc) is 2.38. The van der Waals surface area contributed by atoms with Gasteiger partial charge in [-0.25, -0.2) is 4.98 Å². The van der Waals surface area contributed by atoms with Crippen LogP contribution in [0.15, 0.2) is 39.5 Å².